The quantitative estimate of drug-likeness (QED) is 0.602. The van der Waals surface area contributed by atoms with Crippen LogP contribution in [0.5, 0.6) is 0 Å². The van der Waals surface area contributed by atoms with E-state index >= 15 is 0 Å². The van der Waals surface area contributed by atoms with Crippen molar-refractivity contribution in [2.75, 3.05) is 0 Å². The third-order valence-electron chi connectivity index (χ3n) is 3.86. The van der Waals surface area contributed by atoms with Crippen molar-refractivity contribution >= 4 is 11.3 Å². The van der Waals surface area contributed by atoms with Crippen LogP contribution in [0.2, 0.25) is 0 Å². The molecule has 20 heavy (non-hydrogen) atoms. The molecule has 0 fully saturated rings. The van der Waals surface area contributed by atoms with Crippen molar-refractivity contribution in [3.63, 3.8) is 0 Å². The summed E-state index contributed by atoms with van der Waals surface area (Å²) in [5.41, 5.74) is 7.59. The van der Waals surface area contributed by atoms with Gasteiger partial charge in [0.25, 0.3) is 0 Å². The molecule has 0 saturated carbocycles. The lowest BCUT2D eigenvalue weighted by Crippen LogP contribution is -2.31. The lowest BCUT2D eigenvalue weighted by atomic mass is 10.0. The fourth-order valence-electron chi connectivity index (χ4n) is 2.42. The van der Waals surface area contributed by atoms with Gasteiger partial charge in [0.2, 0.25) is 0 Å². The third-order valence-corrected chi connectivity index (χ3v) is 4.94. The zero-order valence-electron chi connectivity index (χ0n) is 13.5. The second-order valence-corrected chi connectivity index (χ2v) is 6.70. The van der Waals surface area contributed by atoms with Crippen LogP contribution >= 0.6 is 11.3 Å². The summed E-state index contributed by atoms with van der Waals surface area (Å²) in [7, 11) is 0. The Morgan fingerprint density at radius 1 is 1.25 bits per heavy atom. The second kappa shape index (κ2) is 9.54. The number of nitrogens with two attached hydrogens (primary N) is 1. The van der Waals surface area contributed by atoms with E-state index in [1.807, 2.05) is 0 Å². The Balaban J connectivity index is 2.55. The van der Waals surface area contributed by atoms with Gasteiger partial charge in [-0.25, -0.2) is 0 Å². The standard InChI is InChI=1S/C17H31NOS/c1-5-7-8-9-10-14(4)19-16(15(18)6-2)17-13(3)11-12-20-17/h11-12,14-16H,5-10,18H2,1-4H3. The molecule has 0 aliphatic rings. The normalized spacial score (nSPS) is 16.1. The summed E-state index contributed by atoms with van der Waals surface area (Å²) in [6.07, 6.45) is 7.61. The minimum absolute atomic E-state index is 0.0566. The maximum atomic E-state index is 6.29. The molecule has 3 unspecified atom stereocenters. The van der Waals surface area contributed by atoms with Gasteiger partial charge in [-0.15, -0.1) is 11.3 Å². The summed E-state index contributed by atoms with van der Waals surface area (Å²) in [4.78, 5) is 1.31. The van der Waals surface area contributed by atoms with E-state index in [-0.39, 0.29) is 18.2 Å². The van der Waals surface area contributed by atoms with Crippen molar-refractivity contribution < 1.29 is 4.74 Å². The highest BCUT2D eigenvalue weighted by Crippen LogP contribution is 2.31. The molecule has 2 N–H and O–H groups in total. The Hall–Kier alpha value is -0.380. The van der Waals surface area contributed by atoms with Crippen molar-refractivity contribution in [3.05, 3.63) is 21.9 Å². The molecule has 1 heterocycles. The topological polar surface area (TPSA) is 35.2 Å². The van der Waals surface area contributed by atoms with Crippen LogP contribution in [0, 0.1) is 6.92 Å². The van der Waals surface area contributed by atoms with E-state index < -0.39 is 0 Å². The summed E-state index contributed by atoms with van der Waals surface area (Å²) in [5, 5.41) is 2.13. The van der Waals surface area contributed by atoms with Gasteiger partial charge in [0.1, 0.15) is 6.10 Å². The zero-order valence-corrected chi connectivity index (χ0v) is 14.3. The summed E-state index contributed by atoms with van der Waals surface area (Å²) in [6.45, 7) is 8.71. The van der Waals surface area contributed by atoms with Crippen LogP contribution in [0.15, 0.2) is 11.4 Å². The zero-order chi connectivity index (χ0) is 15.0. The Morgan fingerprint density at radius 3 is 2.55 bits per heavy atom. The molecular formula is C17H31NOS. The number of hydrogen-bond donors (Lipinski definition) is 1. The fraction of sp³-hybridized carbons (Fsp3) is 0.765. The van der Waals surface area contributed by atoms with Crippen molar-refractivity contribution in [2.24, 2.45) is 5.73 Å². The van der Waals surface area contributed by atoms with E-state index in [1.54, 1.807) is 11.3 Å². The first-order valence-electron chi connectivity index (χ1n) is 8.05. The van der Waals surface area contributed by atoms with Gasteiger partial charge in [-0.05, 0) is 43.7 Å². The lowest BCUT2D eigenvalue weighted by Gasteiger charge is -2.27. The molecule has 3 heteroatoms. The molecule has 1 aromatic heterocycles. The second-order valence-electron chi connectivity index (χ2n) is 5.76. The van der Waals surface area contributed by atoms with Crippen LogP contribution in [-0.4, -0.2) is 12.1 Å². The Morgan fingerprint density at radius 2 is 2.00 bits per heavy atom. The van der Waals surface area contributed by atoms with Gasteiger partial charge in [0.05, 0.1) is 6.10 Å². The summed E-state index contributed by atoms with van der Waals surface area (Å²) in [6, 6.07) is 2.25. The van der Waals surface area contributed by atoms with E-state index in [0.29, 0.717) is 0 Å². The van der Waals surface area contributed by atoms with Crippen LogP contribution in [0.3, 0.4) is 0 Å². The summed E-state index contributed by atoms with van der Waals surface area (Å²) in [5.74, 6) is 0. The van der Waals surface area contributed by atoms with E-state index in [4.69, 9.17) is 10.5 Å². The van der Waals surface area contributed by atoms with Crippen molar-refractivity contribution in [1.82, 2.24) is 0 Å². The van der Waals surface area contributed by atoms with Crippen LogP contribution in [0.25, 0.3) is 0 Å². The minimum atomic E-state index is 0.0566. The van der Waals surface area contributed by atoms with Gasteiger partial charge in [-0.2, -0.15) is 0 Å². The van der Waals surface area contributed by atoms with Gasteiger partial charge < -0.3 is 10.5 Å². The summed E-state index contributed by atoms with van der Waals surface area (Å²) >= 11 is 1.77. The number of hydrogen-bond acceptors (Lipinski definition) is 3. The Kier molecular flexibility index (Phi) is 8.43. The molecule has 0 aliphatic carbocycles. The number of aryl methyl sites for hydroxylation is 1. The first-order valence-corrected chi connectivity index (χ1v) is 8.93. The Bertz CT molecular complexity index is 364. The van der Waals surface area contributed by atoms with Crippen molar-refractivity contribution in [2.45, 2.75) is 84.5 Å². The monoisotopic (exact) mass is 297 g/mol. The molecule has 0 bridgehead atoms. The predicted octanol–water partition coefficient (Wildman–Crippen LogP) is 5.21. The van der Waals surface area contributed by atoms with Crippen LogP contribution in [-0.2, 0) is 4.74 Å². The van der Waals surface area contributed by atoms with Crippen LogP contribution < -0.4 is 5.73 Å². The highest BCUT2D eigenvalue weighted by molar-refractivity contribution is 7.10. The minimum Gasteiger partial charge on any atom is -0.368 e. The van der Waals surface area contributed by atoms with E-state index in [9.17, 15) is 0 Å². The van der Waals surface area contributed by atoms with Gasteiger partial charge in [0.15, 0.2) is 0 Å². The average Bonchev–Trinajstić information content (AvgIpc) is 2.86. The van der Waals surface area contributed by atoms with E-state index in [0.717, 1.165) is 12.8 Å². The van der Waals surface area contributed by atoms with Crippen LogP contribution in [0.4, 0.5) is 0 Å². The molecule has 2 nitrogen and oxygen atoms in total. The van der Waals surface area contributed by atoms with Gasteiger partial charge in [-0.1, -0.05) is 39.5 Å². The molecular weight excluding hydrogens is 266 g/mol. The molecule has 116 valence electrons. The molecule has 0 aromatic carbocycles. The molecule has 0 amide bonds. The molecule has 0 radical (unpaired) electrons. The Labute approximate surface area is 128 Å². The molecule has 0 spiro atoms. The largest absolute Gasteiger partial charge is 0.368 e. The smallest absolute Gasteiger partial charge is 0.107 e. The summed E-state index contributed by atoms with van der Waals surface area (Å²) < 4.78 is 6.29. The number of rotatable bonds is 10. The van der Waals surface area contributed by atoms with E-state index in [2.05, 4.69) is 39.1 Å². The predicted molar refractivity (Wildman–Crippen MR) is 89.4 cm³/mol. The molecule has 1 aromatic rings. The van der Waals surface area contributed by atoms with Gasteiger partial charge in [0, 0.05) is 10.9 Å². The van der Waals surface area contributed by atoms with Gasteiger partial charge >= 0.3 is 0 Å². The number of unbranched alkanes of at least 4 members (excludes halogenated alkanes) is 3. The average molecular weight is 298 g/mol. The number of thiophene rings is 1. The molecule has 3 atom stereocenters. The van der Waals surface area contributed by atoms with E-state index in [1.165, 1.54) is 36.1 Å². The van der Waals surface area contributed by atoms with Gasteiger partial charge in [-0.3, -0.25) is 0 Å². The number of ether oxygens (including phenoxy) is 1. The van der Waals surface area contributed by atoms with Crippen molar-refractivity contribution in [1.29, 1.82) is 0 Å². The SMILES string of the molecule is CCCCCCC(C)OC(c1sccc1C)C(N)CC. The fourth-order valence-corrected chi connectivity index (χ4v) is 3.46. The molecule has 0 saturated heterocycles. The highest BCUT2D eigenvalue weighted by Gasteiger charge is 2.24. The maximum absolute atomic E-state index is 6.29. The van der Waals surface area contributed by atoms with Crippen molar-refractivity contribution in [3.8, 4) is 0 Å². The molecule has 0 aliphatic heterocycles. The first kappa shape index (κ1) is 17.7. The molecule has 1 rings (SSSR count). The van der Waals surface area contributed by atoms with Crippen LogP contribution in [0.1, 0.15) is 75.8 Å². The highest BCUT2D eigenvalue weighted by atomic mass is 32.1. The first-order chi connectivity index (χ1) is 9.60. The lowest BCUT2D eigenvalue weighted by molar-refractivity contribution is -0.0213. The third kappa shape index (κ3) is 5.55. The maximum Gasteiger partial charge on any atom is 0.107 e.